The fraction of sp³-hybridized carbons (Fsp3) is 0.233. The number of nitrogens with zero attached hydrogens (tertiary/aromatic N) is 4. The molecule has 2 heterocycles. The molecule has 0 aliphatic rings. The van der Waals surface area contributed by atoms with Crippen molar-refractivity contribution in [2.45, 2.75) is 39.3 Å². The predicted octanol–water partition coefficient (Wildman–Crippen LogP) is 5.16. The normalized spacial score (nSPS) is 12.2. The van der Waals surface area contributed by atoms with Crippen LogP contribution in [-0.2, 0) is 6.54 Å². The van der Waals surface area contributed by atoms with Gasteiger partial charge in [0.15, 0.2) is 11.2 Å². The minimum absolute atomic E-state index is 0.109. The molecule has 0 spiro atoms. The third-order valence-electron chi connectivity index (χ3n) is 6.70. The molecule has 0 saturated heterocycles. The van der Waals surface area contributed by atoms with Crippen LogP contribution in [0.15, 0.2) is 101 Å². The molecule has 2 aromatic heterocycles. The Bertz CT molecular complexity index is 1620. The molecule has 3 aromatic carbocycles. The van der Waals surface area contributed by atoms with Gasteiger partial charge in [0.05, 0.1) is 24.6 Å². The molecule has 1 atom stereocenters. The average Bonchev–Trinajstić information content (AvgIpc) is 3.36. The lowest BCUT2D eigenvalue weighted by atomic mass is 10.0. The van der Waals surface area contributed by atoms with Crippen molar-refractivity contribution in [3.63, 3.8) is 0 Å². The van der Waals surface area contributed by atoms with Gasteiger partial charge in [-0.15, -0.1) is 0 Å². The Kier molecular flexibility index (Phi) is 6.77. The second-order valence-electron chi connectivity index (χ2n) is 9.39. The van der Waals surface area contributed by atoms with Gasteiger partial charge in [0.1, 0.15) is 12.4 Å². The summed E-state index contributed by atoms with van der Waals surface area (Å²) in [5, 5.41) is 0. The lowest BCUT2D eigenvalue weighted by molar-refractivity contribution is 0.293. The smallest absolute Gasteiger partial charge is 0.337 e. The Hall–Kier alpha value is -4.39. The van der Waals surface area contributed by atoms with Crippen molar-refractivity contribution in [2.24, 2.45) is 0 Å². The van der Waals surface area contributed by atoms with Crippen LogP contribution in [-0.4, -0.2) is 25.3 Å². The molecule has 7 nitrogen and oxygen atoms in total. The summed E-state index contributed by atoms with van der Waals surface area (Å²) >= 11 is 0. The van der Waals surface area contributed by atoms with Crippen molar-refractivity contribution >= 4 is 11.2 Å². The van der Waals surface area contributed by atoms with Gasteiger partial charge in [-0.2, -0.15) is 0 Å². The summed E-state index contributed by atoms with van der Waals surface area (Å²) in [4.78, 5) is 32.1. The van der Waals surface area contributed by atoms with E-state index in [9.17, 15) is 9.59 Å². The first-order valence-electron chi connectivity index (χ1n) is 12.5. The number of para-hydroxylation sites is 1. The van der Waals surface area contributed by atoms with E-state index in [1.54, 1.807) is 6.33 Å². The minimum Gasteiger partial charge on any atom is -0.492 e. The standard InChI is InChI=1S/C30H30N4O3/c1-21(2)23-14-16-25(17-15-23)34-28-27(33(20-31-28)22(3)24-10-6-4-7-11-24)29(35)32(30(34)36)18-19-37-26-12-8-5-9-13-26/h4-17,20-22H,18-19H2,1-3H3/t22-/m0/s1. The second-order valence-corrected chi connectivity index (χ2v) is 9.39. The number of ether oxygens (including phenoxy) is 1. The van der Waals surface area contributed by atoms with E-state index in [1.807, 2.05) is 96.4 Å². The Balaban J connectivity index is 1.65. The molecule has 7 heteroatoms. The van der Waals surface area contributed by atoms with E-state index in [1.165, 1.54) is 14.7 Å². The van der Waals surface area contributed by atoms with E-state index in [0.29, 0.717) is 28.5 Å². The summed E-state index contributed by atoms with van der Waals surface area (Å²) in [7, 11) is 0. The quantitative estimate of drug-likeness (QED) is 0.299. The van der Waals surface area contributed by atoms with Crippen LogP contribution in [0, 0.1) is 0 Å². The third-order valence-corrected chi connectivity index (χ3v) is 6.70. The number of benzene rings is 3. The summed E-state index contributed by atoms with van der Waals surface area (Å²) in [5.74, 6) is 1.05. The zero-order valence-electron chi connectivity index (χ0n) is 21.2. The minimum atomic E-state index is -0.441. The van der Waals surface area contributed by atoms with Crippen molar-refractivity contribution in [1.29, 1.82) is 0 Å². The maximum Gasteiger partial charge on any atom is 0.337 e. The first kappa shape index (κ1) is 24.3. The number of hydrogen-bond donors (Lipinski definition) is 0. The van der Waals surface area contributed by atoms with Crippen LogP contribution in [0.25, 0.3) is 16.9 Å². The molecule has 0 aliphatic carbocycles. The van der Waals surface area contributed by atoms with E-state index < -0.39 is 5.69 Å². The monoisotopic (exact) mass is 494 g/mol. The van der Waals surface area contributed by atoms with Crippen molar-refractivity contribution in [1.82, 2.24) is 18.7 Å². The zero-order chi connectivity index (χ0) is 25.9. The third kappa shape index (κ3) is 4.72. The molecule has 0 unspecified atom stereocenters. The lowest BCUT2D eigenvalue weighted by Gasteiger charge is -2.17. The summed E-state index contributed by atoms with van der Waals surface area (Å²) in [5.41, 5.74) is 2.77. The Labute approximate surface area is 215 Å². The van der Waals surface area contributed by atoms with Crippen LogP contribution in [0.1, 0.15) is 43.9 Å². The molecular weight excluding hydrogens is 464 g/mol. The Morgan fingerprint density at radius 3 is 2.11 bits per heavy atom. The Morgan fingerprint density at radius 1 is 0.811 bits per heavy atom. The number of aromatic nitrogens is 4. The van der Waals surface area contributed by atoms with Crippen molar-refractivity contribution in [3.05, 3.63) is 123 Å². The average molecular weight is 495 g/mol. The number of hydrogen-bond acceptors (Lipinski definition) is 4. The van der Waals surface area contributed by atoms with E-state index in [4.69, 9.17) is 4.74 Å². The lowest BCUT2D eigenvalue weighted by Crippen LogP contribution is -2.41. The number of fused-ring (bicyclic) bond motifs is 1. The van der Waals surface area contributed by atoms with Crippen LogP contribution in [0.5, 0.6) is 5.75 Å². The van der Waals surface area contributed by atoms with Gasteiger partial charge < -0.3 is 9.30 Å². The maximum atomic E-state index is 13.8. The van der Waals surface area contributed by atoms with E-state index in [-0.39, 0.29) is 24.8 Å². The molecular formula is C30H30N4O3. The van der Waals surface area contributed by atoms with Crippen molar-refractivity contribution in [3.8, 4) is 11.4 Å². The molecule has 5 aromatic rings. The summed E-state index contributed by atoms with van der Waals surface area (Å²) < 4.78 is 10.4. The first-order chi connectivity index (χ1) is 18.0. The van der Waals surface area contributed by atoms with Gasteiger partial charge in [0, 0.05) is 0 Å². The first-order valence-corrected chi connectivity index (χ1v) is 12.5. The van der Waals surface area contributed by atoms with E-state index in [0.717, 1.165) is 5.56 Å². The molecule has 0 aliphatic heterocycles. The van der Waals surface area contributed by atoms with Crippen LogP contribution in [0.2, 0.25) is 0 Å². The van der Waals surface area contributed by atoms with E-state index >= 15 is 0 Å². The molecule has 0 amide bonds. The van der Waals surface area contributed by atoms with E-state index in [2.05, 4.69) is 18.8 Å². The maximum absolute atomic E-state index is 13.8. The van der Waals surface area contributed by atoms with Gasteiger partial charge in [-0.3, -0.25) is 9.36 Å². The molecule has 37 heavy (non-hydrogen) atoms. The summed E-state index contributed by atoms with van der Waals surface area (Å²) in [6, 6.07) is 27.0. The second kappa shape index (κ2) is 10.3. The van der Waals surface area contributed by atoms with Gasteiger partial charge in [0.2, 0.25) is 0 Å². The number of imidazole rings is 1. The van der Waals surface area contributed by atoms with Crippen LogP contribution in [0.3, 0.4) is 0 Å². The van der Waals surface area contributed by atoms with Crippen LogP contribution < -0.4 is 16.0 Å². The van der Waals surface area contributed by atoms with Crippen molar-refractivity contribution < 1.29 is 4.74 Å². The predicted molar refractivity (Wildman–Crippen MR) is 146 cm³/mol. The fourth-order valence-electron chi connectivity index (χ4n) is 4.54. The highest BCUT2D eigenvalue weighted by Gasteiger charge is 2.22. The van der Waals surface area contributed by atoms with Gasteiger partial charge >= 0.3 is 5.69 Å². The van der Waals surface area contributed by atoms with Crippen molar-refractivity contribution in [2.75, 3.05) is 6.61 Å². The van der Waals surface area contributed by atoms with Gasteiger partial charge in [-0.25, -0.2) is 14.3 Å². The summed E-state index contributed by atoms with van der Waals surface area (Å²) in [6.45, 7) is 6.56. The SMILES string of the molecule is CC(C)c1ccc(-n2c(=O)n(CCOc3ccccc3)c(=O)c3c2ncn3[C@@H](C)c2ccccc2)cc1. The van der Waals surface area contributed by atoms with Crippen LogP contribution >= 0.6 is 0 Å². The largest absolute Gasteiger partial charge is 0.492 e. The summed E-state index contributed by atoms with van der Waals surface area (Å²) in [6.07, 6.45) is 1.65. The highest BCUT2D eigenvalue weighted by Crippen LogP contribution is 2.23. The van der Waals surface area contributed by atoms with Gasteiger partial charge in [0.25, 0.3) is 5.56 Å². The molecule has 0 fully saturated rings. The molecule has 5 rings (SSSR count). The molecule has 0 N–H and O–H groups in total. The number of rotatable bonds is 8. The molecule has 0 saturated carbocycles. The molecule has 188 valence electrons. The zero-order valence-corrected chi connectivity index (χ0v) is 21.2. The van der Waals surface area contributed by atoms with Crippen LogP contribution in [0.4, 0.5) is 0 Å². The van der Waals surface area contributed by atoms with Gasteiger partial charge in [-0.05, 0) is 48.2 Å². The highest BCUT2D eigenvalue weighted by molar-refractivity contribution is 5.73. The highest BCUT2D eigenvalue weighted by atomic mass is 16.5. The molecule has 0 bridgehead atoms. The topological polar surface area (TPSA) is 71.1 Å². The Morgan fingerprint density at radius 2 is 1.46 bits per heavy atom. The van der Waals surface area contributed by atoms with Gasteiger partial charge in [-0.1, -0.05) is 74.5 Å². The fourth-order valence-corrected chi connectivity index (χ4v) is 4.54. The molecule has 0 radical (unpaired) electrons.